The number of halogens is 1. The van der Waals surface area contributed by atoms with Crippen LogP contribution >= 0.6 is 11.6 Å². The number of piperidine rings is 1. The first kappa shape index (κ1) is 18.5. The molecule has 3 rings (SSSR count). The number of pyridine rings is 1. The first-order valence-electron chi connectivity index (χ1n) is 8.90. The summed E-state index contributed by atoms with van der Waals surface area (Å²) in [5, 5.41) is 12.4. The predicted molar refractivity (Wildman–Crippen MR) is 100 cm³/mol. The molecule has 2 amide bonds. The Labute approximate surface area is 157 Å². The lowest BCUT2D eigenvalue weighted by molar-refractivity contribution is -0.131. The smallest absolute Gasteiger partial charge is 0.328 e. The van der Waals surface area contributed by atoms with Gasteiger partial charge in [-0.2, -0.15) is 0 Å². The van der Waals surface area contributed by atoms with Gasteiger partial charge in [-0.05, 0) is 43.4 Å². The van der Waals surface area contributed by atoms with Crippen LogP contribution in [0, 0.1) is 0 Å². The van der Waals surface area contributed by atoms with Crippen LogP contribution in [0.3, 0.4) is 0 Å². The Morgan fingerprint density at radius 1 is 1.23 bits per heavy atom. The van der Waals surface area contributed by atoms with Gasteiger partial charge in [0.2, 0.25) is 0 Å². The normalized spacial score (nSPS) is 20.6. The Morgan fingerprint density at radius 3 is 2.69 bits per heavy atom. The maximum absolute atomic E-state index is 12.6. The van der Waals surface area contributed by atoms with Gasteiger partial charge < -0.3 is 20.2 Å². The van der Waals surface area contributed by atoms with E-state index in [1.54, 1.807) is 12.3 Å². The molecule has 26 heavy (non-hydrogen) atoms. The van der Waals surface area contributed by atoms with Gasteiger partial charge >= 0.3 is 12.0 Å². The number of nitrogens with one attached hydrogen (secondary N) is 1. The number of urea groups is 1. The average molecular weight is 379 g/mol. The van der Waals surface area contributed by atoms with E-state index in [2.05, 4.69) is 10.3 Å². The van der Waals surface area contributed by atoms with Crippen LogP contribution in [-0.4, -0.2) is 64.1 Å². The molecule has 2 aliphatic heterocycles. The number of nitrogens with zero attached hydrogens (tertiary/aromatic N) is 3. The molecule has 0 unspecified atom stereocenters. The second kappa shape index (κ2) is 8.40. The van der Waals surface area contributed by atoms with Gasteiger partial charge in [0.05, 0.1) is 5.02 Å². The van der Waals surface area contributed by atoms with E-state index in [0.29, 0.717) is 22.9 Å². The van der Waals surface area contributed by atoms with Crippen molar-refractivity contribution in [2.45, 2.75) is 31.7 Å². The highest BCUT2D eigenvalue weighted by Gasteiger charge is 2.30. The Balaban J connectivity index is 1.56. The molecular weight excluding hydrogens is 356 g/mol. The molecule has 0 bridgehead atoms. The standard InChI is InChI=1S/C18H23ClN4O3/c19-15-10-13(4-5-16(24)25)11-20-17(15)21-14-6-9-23(12-14)18(26)22-7-2-1-3-8-22/h4-5,10-11,14H,1-3,6-9,12H2,(H,20,21)(H,24,25)/b5-4+/t14-/m1/s1. The molecule has 0 spiro atoms. The highest BCUT2D eigenvalue weighted by molar-refractivity contribution is 6.33. The minimum Gasteiger partial charge on any atom is -0.478 e. The van der Waals surface area contributed by atoms with Crippen LogP contribution in [0.5, 0.6) is 0 Å². The summed E-state index contributed by atoms with van der Waals surface area (Å²) >= 11 is 6.25. The highest BCUT2D eigenvalue weighted by Crippen LogP contribution is 2.24. The van der Waals surface area contributed by atoms with Crippen molar-refractivity contribution in [3.05, 3.63) is 28.9 Å². The molecule has 2 fully saturated rings. The fraction of sp³-hybridized carbons (Fsp3) is 0.500. The number of aliphatic carboxylic acids is 1. The predicted octanol–water partition coefficient (Wildman–Crippen LogP) is 2.92. The fourth-order valence-corrected chi connectivity index (χ4v) is 3.58. The third-order valence-corrected chi connectivity index (χ3v) is 5.00. The molecule has 3 heterocycles. The molecule has 1 aromatic rings. The maximum atomic E-state index is 12.6. The number of anilines is 1. The zero-order chi connectivity index (χ0) is 18.5. The SMILES string of the molecule is O=C(O)/C=C/c1cnc(N[C@@H]2CCN(C(=O)N3CCCCC3)C2)c(Cl)c1. The number of hydrogen-bond donors (Lipinski definition) is 2. The number of carboxylic acid groups (broad SMARTS) is 1. The first-order chi connectivity index (χ1) is 12.5. The van der Waals surface area contributed by atoms with Crippen LogP contribution in [0.1, 0.15) is 31.2 Å². The van der Waals surface area contributed by atoms with E-state index in [1.807, 2.05) is 9.80 Å². The number of rotatable bonds is 4. The van der Waals surface area contributed by atoms with E-state index in [1.165, 1.54) is 12.5 Å². The van der Waals surface area contributed by atoms with Crippen LogP contribution in [0.2, 0.25) is 5.02 Å². The van der Waals surface area contributed by atoms with Crippen molar-refractivity contribution in [2.24, 2.45) is 0 Å². The Kier molecular flexibility index (Phi) is 5.98. The van der Waals surface area contributed by atoms with E-state index >= 15 is 0 Å². The minimum absolute atomic E-state index is 0.106. The van der Waals surface area contributed by atoms with Crippen LogP contribution in [0.4, 0.5) is 10.6 Å². The Hall–Kier alpha value is -2.28. The third-order valence-electron chi connectivity index (χ3n) is 4.71. The van der Waals surface area contributed by atoms with E-state index < -0.39 is 5.97 Å². The number of carbonyl (C=O) groups is 2. The van der Waals surface area contributed by atoms with Gasteiger partial charge in [0.15, 0.2) is 0 Å². The number of aromatic nitrogens is 1. The largest absolute Gasteiger partial charge is 0.478 e. The van der Waals surface area contributed by atoms with E-state index in [9.17, 15) is 9.59 Å². The summed E-state index contributed by atoms with van der Waals surface area (Å²) in [5.41, 5.74) is 0.622. The molecule has 2 saturated heterocycles. The van der Waals surface area contributed by atoms with Crippen molar-refractivity contribution in [2.75, 3.05) is 31.5 Å². The van der Waals surface area contributed by atoms with Gasteiger partial charge in [0.25, 0.3) is 0 Å². The summed E-state index contributed by atoms with van der Waals surface area (Å²) < 4.78 is 0. The molecule has 140 valence electrons. The number of amides is 2. The van der Waals surface area contributed by atoms with Gasteiger partial charge in [-0.15, -0.1) is 0 Å². The van der Waals surface area contributed by atoms with Gasteiger partial charge in [-0.1, -0.05) is 11.6 Å². The summed E-state index contributed by atoms with van der Waals surface area (Å²) in [4.78, 5) is 31.2. The Bertz CT molecular complexity index is 704. The van der Waals surface area contributed by atoms with E-state index in [4.69, 9.17) is 16.7 Å². The monoisotopic (exact) mass is 378 g/mol. The number of carboxylic acids is 1. The van der Waals surface area contributed by atoms with E-state index in [-0.39, 0.29) is 12.1 Å². The maximum Gasteiger partial charge on any atom is 0.328 e. The Morgan fingerprint density at radius 2 is 2.00 bits per heavy atom. The molecule has 7 nitrogen and oxygen atoms in total. The topological polar surface area (TPSA) is 85.8 Å². The lowest BCUT2D eigenvalue weighted by Gasteiger charge is -2.31. The highest BCUT2D eigenvalue weighted by atomic mass is 35.5. The van der Waals surface area contributed by atoms with Gasteiger partial charge in [0, 0.05) is 44.5 Å². The summed E-state index contributed by atoms with van der Waals surface area (Å²) in [6.45, 7) is 3.07. The lowest BCUT2D eigenvalue weighted by atomic mass is 10.1. The molecule has 1 atom stereocenters. The fourth-order valence-electron chi connectivity index (χ4n) is 3.35. The molecule has 0 aromatic carbocycles. The van der Waals surface area contributed by atoms with Crippen molar-refractivity contribution in [3.63, 3.8) is 0 Å². The number of carbonyl (C=O) groups excluding carboxylic acids is 1. The van der Waals surface area contributed by atoms with Gasteiger partial charge in [-0.25, -0.2) is 14.6 Å². The molecule has 0 aliphatic carbocycles. The second-order valence-corrected chi connectivity index (χ2v) is 7.08. The van der Waals surface area contributed by atoms with Gasteiger partial charge in [0.1, 0.15) is 5.82 Å². The van der Waals surface area contributed by atoms with Crippen molar-refractivity contribution >= 4 is 35.5 Å². The van der Waals surface area contributed by atoms with Crippen LogP contribution < -0.4 is 5.32 Å². The molecule has 2 aliphatic rings. The third kappa shape index (κ3) is 4.66. The average Bonchev–Trinajstić information content (AvgIpc) is 3.10. The first-order valence-corrected chi connectivity index (χ1v) is 9.27. The zero-order valence-electron chi connectivity index (χ0n) is 14.5. The quantitative estimate of drug-likeness (QED) is 0.787. The second-order valence-electron chi connectivity index (χ2n) is 6.68. The van der Waals surface area contributed by atoms with Gasteiger partial charge in [-0.3, -0.25) is 0 Å². The molecule has 8 heteroatoms. The summed E-state index contributed by atoms with van der Waals surface area (Å²) in [6.07, 6.45) is 8.28. The summed E-state index contributed by atoms with van der Waals surface area (Å²) in [7, 11) is 0. The summed E-state index contributed by atoms with van der Waals surface area (Å²) in [6, 6.07) is 1.90. The molecule has 0 radical (unpaired) electrons. The minimum atomic E-state index is -1.02. The number of hydrogen-bond acceptors (Lipinski definition) is 4. The van der Waals surface area contributed by atoms with E-state index in [0.717, 1.165) is 45.0 Å². The van der Waals surface area contributed by atoms with Crippen molar-refractivity contribution in [1.29, 1.82) is 0 Å². The van der Waals surface area contributed by atoms with Crippen molar-refractivity contribution in [1.82, 2.24) is 14.8 Å². The zero-order valence-corrected chi connectivity index (χ0v) is 15.3. The number of likely N-dealkylation sites (tertiary alicyclic amines) is 2. The summed E-state index contributed by atoms with van der Waals surface area (Å²) in [5.74, 6) is -0.468. The molecule has 1 aromatic heterocycles. The molecule has 2 N–H and O–H groups in total. The molecule has 0 saturated carbocycles. The lowest BCUT2D eigenvalue weighted by Crippen LogP contribution is -2.45. The van der Waals surface area contributed by atoms with Crippen LogP contribution in [-0.2, 0) is 4.79 Å². The molecular formula is C18H23ClN4O3. The van der Waals surface area contributed by atoms with Crippen molar-refractivity contribution < 1.29 is 14.7 Å². The van der Waals surface area contributed by atoms with Crippen LogP contribution in [0.15, 0.2) is 18.3 Å². The van der Waals surface area contributed by atoms with Crippen molar-refractivity contribution in [3.8, 4) is 0 Å². The van der Waals surface area contributed by atoms with Crippen LogP contribution in [0.25, 0.3) is 6.08 Å².